The number of benzene rings is 1. The van der Waals surface area contributed by atoms with Gasteiger partial charge in [0.05, 0.1) is 4.92 Å². The Bertz CT molecular complexity index is 511. The number of aromatic hydroxyl groups is 1. The molecule has 0 radical (unpaired) electrons. The Morgan fingerprint density at radius 1 is 1.05 bits per heavy atom. The molecular weight excluding hydrogens is 254 g/mol. The van der Waals surface area contributed by atoms with Crippen LogP contribution in [0.2, 0.25) is 0 Å². The topological polar surface area (TPSA) is 63.4 Å². The van der Waals surface area contributed by atoms with Gasteiger partial charge in [0.15, 0.2) is 0 Å². The van der Waals surface area contributed by atoms with Gasteiger partial charge in [-0.3, -0.25) is 10.1 Å². The largest absolute Gasteiger partial charge is 0.507 e. The molecule has 0 unspecified atom stereocenters. The summed E-state index contributed by atoms with van der Waals surface area (Å²) in [7, 11) is 0. The lowest BCUT2D eigenvalue weighted by Crippen LogP contribution is -2.17. The summed E-state index contributed by atoms with van der Waals surface area (Å²) in [6.07, 6.45) is 2.38. The summed E-state index contributed by atoms with van der Waals surface area (Å²) in [4.78, 5) is 9.99. The normalized spacial score (nSPS) is 12.9. The maximum absolute atomic E-state index is 10.5. The van der Waals surface area contributed by atoms with Crippen LogP contribution in [0.4, 0.5) is 0 Å². The van der Waals surface area contributed by atoms with Crippen LogP contribution in [-0.2, 0) is 10.8 Å². The first kappa shape index (κ1) is 16.2. The summed E-state index contributed by atoms with van der Waals surface area (Å²) in [6, 6.07) is 3.62. The number of rotatable bonds is 2. The fourth-order valence-electron chi connectivity index (χ4n) is 2.04. The predicted octanol–water partition coefficient (Wildman–Crippen LogP) is 4.23. The van der Waals surface area contributed by atoms with Crippen LogP contribution in [0.1, 0.15) is 58.2 Å². The van der Waals surface area contributed by atoms with Gasteiger partial charge in [-0.1, -0.05) is 41.5 Å². The van der Waals surface area contributed by atoms with Crippen molar-refractivity contribution in [3.05, 3.63) is 45.1 Å². The van der Waals surface area contributed by atoms with Crippen LogP contribution >= 0.6 is 0 Å². The van der Waals surface area contributed by atoms with Crippen molar-refractivity contribution in [2.45, 2.75) is 52.4 Å². The van der Waals surface area contributed by atoms with Crippen LogP contribution < -0.4 is 0 Å². The second-order valence-corrected chi connectivity index (χ2v) is 7.07. The van der Waals surface area contributed by atoms with Crippen LogP contribution in [0.25, 0.3) is 6.08 Å². The number of hydrogen-bond acceptors (Lipinski definition) is 3. The van der Waals surface area contributed by atoms with Gasteiger partial charge in [-0.05, 0) is 28.5 Å². The van der Waals surface area contributed by atoms with Crippen LogP contribution in [0.3, 0.4) is 0 Å². The summed E-state index contributed by atoms with van der Waals surface area (Å²) in [5.74, 6) is 0.281. The van der Waals surface area contributed by atoms with E-state index in [4.69, 9.17) is 0 Å². The smallest absolute Gasteiger partial charge is 0.235 e. The first-order valence-electron chi connectivity index (χ1n) is 6.62. The molecule has 0 atom stereocenters. The molecule has 1 N–H and O–H groups in total. The van der Waals surface area contributed by atoms with Gasteiger partial charge in [-0.2, -0.15) is 0 Å². The SMILES string of the molecule is CC(C)(C)c1cc(/C=C\[N+](=O)[O-])cc(C(C)(C)C)c1O. The van der Waals surface area contributed by atoms with E-state index in [1.165, 1.54) is 6.08 Å². The third-order valence-corrected chi connectivity index (χ3v) is 3.14. The van der Waals surface area contributed by atoms with E-state index in [9.17, 15) is 15.2 Å². The van der Waals surface area contributed by atoms with Crippen LogP contribution in [0, 0.1) is 10.1 Å². The molecule has 110 valence electrons. The monoisotopic (exact) mass is 277 g/mol. The van der Waals surface area contributed by atoms with Crippen molar-refractivity contribution in [1.29, 1.82) is 0 Å². The van der Waals surface area contributed by atoms with E-state index < -0.39 is 4.92 Å². The minimum absolute atomic E-state index is 0.234. The summed E-state index contributed by atoms with van der Waals surface area (Å²) in [6.45, 7) is 12.1. The van der Waals surface area contributed by atoms with Crippen LogP contribution in [0.15, 0.2) is 18.3 Å². The summed E-state index contributed by atoms with van der Waals surface area (Å²) >= 11 is 0. The molecule has 0 aliphatic rings. The van der Waals surface area contributed by atoms with Crippen molar-refractivity contribution in [1.82, 2.24) is 0 Å². The molecule has 0 aliphatic carbocycles. The Hall–Kier alpha value is -1.84. The minimum atomic E-state index is -0.486. The highest BCUT2D eigenvalue weighted by Gasteiger charge is 2.26. The van der Waals surface area contributed by atoms with Crippen molar-refractivity contribution in [3.63, 3.8) is 0 Å². The van der Waals surface area contributed by atoms with E-state index in [-0.39, 0.29) is 16.6 Å². The van der Waals surface area contributed by atoms with E-state index in [2.05, 4.69) is 0 Å². The average molecular weight is 277 g/mol. The number of nitro groups is 1. The molecule has 1 aromatic carbocycles. The summed E-state index contributed by atoms with van der Waals surface area (Å²) < 4.78 is 0. The fraction of sp³-hybridized carbons (Fsp3) is 0.500. The third kappa shape index (κ3) is 3.83. The molecule has 0 heterocycles. The zero-order valence-electron chi connectivity index (χ0n) is 13.0. The second-order valence-electron chi connectivity index (χ2n) is 7.07. The van der Waals surface area contributed by atoms with Gasteiger partial charge in [0.1, 0.15) is 5.75 Å². The zero-order chi connectivity index (χ0) is 15.7. The molecule has 1 rings (SSSR count). The van der Waals surface area contributed by atoms with Crippen LogP contribution in [-0.4, -0.2) is 10.0 Å². The van der Waals surface area contributed by atoms with E-state index >= 15 is 0 Å². The third-order valence-electron chi connectivity index (χ3n) is 3.14. The van der Waals surface area contributed by atoms with E-state index in [1.54, 1.807) is 0 Å². The van der Waals surface area contributed by atoms with Gasteiger partial charge in [0.2, 0.25) is 6.20 Å². The maximum Gasteiger partial charge on any atom is 0.235 e. The highest BCUT2D eigenvalue weighted by Crippen LogP contribution is 2.39. The molecule has 0 saturated heterocycles. The molecule has 4 nitrogen and oxygen atoms in total. The standard InChI is InChI=1S/C16H23NO3/c1-15(2,3)12-9-11(7-8-17(19)20)10-13(14(12)18)16(4,5)6/h7-10,18H,1-6H3/b8-7-. The van der Waals surface area contributed by atoms with Crippen molar-refractivity contribution in [3.8, 4) is 5.75 Å². The Labute approximate surface area is 120 Å². The second kappa shape index (κ2) is 5.27. The lowest BCUT2D eigenvalue weighted by molar-refractivity contribution is -0.400. The Morgan fingerprint density at radius 3 is 1.75 bits per heavy atom. The van der Waals surface area contributed by atoms with Crippen molar-refractivity contribution < 1.29 is 10.0 Å². The van der Waals surface area contributed by atoms with E-state index in [0.29, 0.717) is 0 Å². The summed E-state index contributed by atoms with van der Waals surface area (Å²) in [5, 5.41) is 21.0. The molecule has 0 spiro atoms. The molecule has 1 aromatic rings. The first-order chi connectivity index (χ1) is 8.93. The van der Waals surface area contributed by atoms with E-state index in [0.717, 1.165) is 22.9 Å². The lowest BCUT2D eigenvalue weighted by atomic mass is 9.78. The molecule has 0 amide bonds. The first-order valence-corrected chi connectivity index (χ1v) is 6.62. The van der Waals surface area contributed by atoms with Gasteiger partial charge < -0.3 is 5.11 Å². The molecular formula is C16H23NO3. The van der Waals surface area contributed by atoms with Crippen molar-refractivity contribution in [2.75, 3.05) is 0 Å². The molecule has 4 heteroatoms. The highest BCUT2D eigenvalue weighted by molar-refractivity contribution is 5.58. The van der Waals surface area contributed by atoms with Crippen LogP contribution in [0.5, 0.6) is 5.75 Å². The Morgan fingerprint density at radius 2 is 1.45 bits per heavy atom. The molecule has 0 aliphatic heterocycles. The molecule has 0 saturated carbocycles. The van der Waals surface area contributed by atoms with E-state index in [1.807, 2.05) is 53.7 Å². The molecule has 20 heavy (non-hydrogen) atoms. The van der Waals surface area contributed by atoms with Gasteiger partial charge >= 0.3 is 0 Å². The van der Waals surface area contributed by atoms with Gasteiger partial charge in [-0.25, -0.2) is 0 Å². The quantitative estimate of drug-likeness (QED) is 0.649. The lowest BCUT2D eigenvalue weighted by Gasteiger charge is -2.27. The number of nitrogens with zero attached hydrogens (tertiary/aromatic N) is 1. The zero-order valence-corrected chi connectivity index (χ0v) is 13.0. The van der Waals surface area contributed by atoms with Gasteiger partial charge in [-0.15, -0.1) is 0 Å². The predicted molar refractivity (Wildman–Crippen MR) is 81.5 cm³/mol. The van der Waals surface area contributed by atoms with Crippen molar-refractivity contribution in [2.24, 2.45) is 0 Å². The molecule has 0 bridgehead atoms. The van der Waals surface area contributed by atoms with Crippen molar-refractivity contribution >= 4 is 6.08 Å². The number of phenolic OH excluding ortho intramolecular Hbond substituents is 1. The minimum Gasteiger partial charge on any atom is -0.507 e. The summed E-state index contributed by atoms with van der Waals surface area (Å²) in [5.41, 5.74) is 1.86. The highest BCUT2D eigenvalue weighted by atomic mass is 16.6. The average Bonchev–Trinajstić information content (AvgIpc) is 2.24. The Kier molecular flexibility index (Phi) is 4.27. The van der Waals surface area contributed by atoms with Gasteiger partial charge in [0.25, 0.3) is 0 Å². The number of phenols is 1. The van der Waals surface area contributed by atoms with Gasteiger partial charge in [0, 0.05) is 17.2 Å². The molecule has 0 aromatic heterocycles. The Balaban J connectivity index is 3.54. The fourth-order valence-corrected chi connectivity index (χ4v) is 2.04. The molecule has 0 fully saturated rings. The maximum atomic E-state index is 10.5. The number of hydrogen-bond donors (Lipinski definition) is 1.